The fraction of sp³-hybridized carbons (Fsp3) is 0.400. The van der Waals surface area contributed by atoms with E-state index in [2.05, 4.69) is 4.98 Å². The van der Waals surface area contributed by atoms with Crippen molar-refractivity contribution in [2.45, 2.75) is 18.6 Å². The molecule has 0 aliphatic heterocycles. The van der Waals surface area contributed by atoms with Gasteiger partial charge in [-0.25, -0.2) is 0 Å². The summed E-state index contributed by atoms with van der Waals surface area (Å²) in [6.45, 7) is 0. The minimum atomic E-state index is -0.719. The molecule has 0 atom stereocenters. The van der Waals surface area contributed by atoms with Crippen molar-refractivity contribution in [3.8, 4) is 0 Å². The summed E-state index contributed by atoms with van der Waals surface area (Å²) in [4.78, 5) is 14.4. The predicted octanol–water partition coefficient (Wildman–Crippen LogP) is 2.18. The van der Waals surface area contributed by atoms with Crippen LogP contribution in [0.2, 0.25) is 0 Å². The Bertz CT molecular complexity index is 277. The van der Waals surface area contributed by atoms with Gasteiger partial charge in [-0.15, -0.1) is 0 Å². The van der Waals surface area contributed by atoms with Crippen LogP contribution >= 0.6 is 11.8 Å². The Labute approximate surface area is 87.6 Å². The molecule has 0 bridgehead atoms. The van der Waals surface area contributed by atoms with Crippen LogP contribution in [-0.4, -0.2) is 21.8 Å². The second-order valence-electron chi connectivity index (χ2n) is 2.87. The molecular weight excluding hydrogens is 198 g/mol. The van der Waals surface area contributed by atoms with Crippen LogP contribution in [0.4, 0.5) is 0 Å². The van der Waals surface area contributed by atoms with E-state index < -0.39 is 5.97 Å². The number of aliphatic carboxylic acids is 1. The highest BCUT2D eigenvalue weighted by atomic mass is 32.2. The lowest BCUT2D eigenvalue weighted by atomic mass is 10.3. The van der Waals surface area contributed by atoms with Crippen LogP contribution in [0.3, 0.4) is 0 Å². The first-order valence-electron chi connectivity index (χ1n) is 4.48. The lowest BCUT2D eigenvalue weighted by Gasteiger charge is -1.99. The minimum Gasteiger partial charge on any atom is -0.481 e. The second kappa shape index (κ2) is 6.43. The molecular formula is C10H13NO2S. The normalized spacial score (nSPS) is 10.0. The maximum Gasteiger partial charge on any atom is 0.303 e. The van der Waals surface area contributed by atoms with Crippen molar-refractivity contribution in [3.05, 3.63) is 30.1 Å². The molecule has 3 nitrogen and oxygen atoms in total. The molecule has 0 amide bonds. The molecule has 0 unspecified atom stereocenters. The van der Waals surface area contributed by atoms with Gasteiger partial charge in [-0.05, 0) is 24.3 Å². The van der Waals surface area contributed by atoms with Crippen LogP contribution in [0.5, 0.6) is 0 Å². The van der Waals surface area contributed by atoms with Gasteiger partial charge in [0.25, 0.3) is 0 Å². The molecule has 0 fully saturated rings. The molecule has 1 aromatic heterocycles. The summed E-state index contributed by atoms with van der Waals surface area (Å²) in [6, 6.07) is 5.82. The van der Waals surface area contributed by atoms with Gasteiger partial charge in [0.05, 0.1) is 5.69 Å². The molecule has 1 heterocycles. The molecule has 0 saturated heterocycles. The molecule has 0 aromatic carbocycles. The number of pyridine rings is 1. The summed E-state index contributed by atoms with van der Waals surface area (Å²) in [7, 11) is 0. The van der Waals surface area contributed by atoms with Gasteiger partial charge < -0.3 is 5.11 Å². The zero-order chi connectivity index (χ0) is 10.2. The summed E-state index contributed by atoms with van der Waals surface area (Å²) >= 11 is 1.72. The van der Waals surface area contributed by atoms with Crippen LogP contribution in [0, 0.1) is 0 Å². The second-order valence-corrected chi connectivity index (χ2v) is 3.98. The number of carboxylic acid groups (broad SMARTS) is 1. The summed E-state index contributed by atoms with van der Waals surface area (Å²) in [6.07, 6.45) is 2.76. The van der Waals surface area contributed by atoms with E-state index in [0.717, 1.165) is 23.6 Å². The smallest absolute Gasteiger partial charge is 0.303 e. The number of rotatable bonds is 6. The van der Waals surface area contributed by atoms with Crippen molar-refractivity contribution in [2.24, 2.45) is 0 Å². The number of aromatic nitrogens is 1. The Morgan fingerprint density at radius 2 is 2.36 bits per heavy atom. The first-order chi connectivity index (χ1) is 6.79. The fourth-order valence-electron chi connectivity index (χ4n) is 0.986. The van der Waals surface area contributed by atoms with E-state index in [-0.39, 0.29) is 6.42 Å². The van der Waals surface area contributed by atoms with Crippen LogP contribution in [-0.2, 0) is 10.5 Å². The standard InChI is InChI=1S/C10H13NO2S/c12-10(13)5-3-7-14-8-9-4-1-2-6-11-9/h1-2,4,6H,3,5,7-8H2,(H,12,13). The van der Waals surface area contributed by atoms with Gasteiger partial charge in [-0.3, -0.25) is 9.78 Å². The molecule has 1 N–H and O–H groups in total. The highest BCUT2D eigenvalue weighted by Crippen LogP contribution is 2.11. The Hall–Kier alpha value is -1.03. The minimum absolute atomic E-state index is 0.259. The van der Waals surface area contributed by atoms with E-state index in [1.807, 2.05) is 18.2 Å². The van der Waals surface area contributed by atoms with Gasteiger partial charge in [0, 0.05) is 18.4 Å². The van der Waals surface area contributed by atoms with Crippen LogP contribution in [0.25, 0.3) is 0 Å². The van der Waals surface area contributed by atoms with E-state index in [1.165, 1.54) is 0 Å². The predicted molar refractivity (Wildman–Crippen MR) is 57.3 cm³/mol. The lowest BCUT2D eigenvalue weighted by molar-refractivity contribution is -0.137. The van der Waals surface area contributed by atoms with Crippen molar-refractivity contribution >= 4 is 17.7 Å². The van der Waals surface area contributed by atoms with Crippen molar-refractivity contribution in [1.29, 1.82) is 0 Å². The lowest BCUT2D eigenvalue weighted by Crippen LogP contribution is -1.95. The monoisotopic (exact) mass is 211 g/mol. The fourth-order valence-corrected chi connectivity index (χ4v) is 1.86. The van der Waals surface area contributed by atoms with Gasteiger partial charge in [-0.2, -0.15) is 11.8 Å². The molecule has 0 aliphatic carbocycles. The molecule has 76 valence electrons. The maximum atomic E-state index is 10.2. The highest BCUT2D eigenvalue weighted by Gasteiger charge is 1.97. The number of hydrogen-bond donors (Lipinski definition) is 1. The highest BCUT2D eigenvalue weighted by molar-refractivity contribution is 7.98. The number of thioether (sulfide) groups is 1. The maximum absolute atomic E-state index is 10.2. The summed E-state index contributed by atoms with van der Waals surface area (Å²) in [5, 5.41) is 8.41. The molecule has 1 aromatic rings. The molecule has 4 heteroatoms. The topological polar surface area (TPSA) is 50.2 Å². The van der Waals surface area contributed by atoms with Crippen LogP contribution in [0.1, 0.15) is 18.5 Å². The Morgan fingerprint density at radius 1 is 1.50 bits per heavy atom. The van der Waals surface area contributed by atoms with Crippen molar-refractivity contribution in [2.75, 3.05) is 5.75 Å². The zero-order valence-electron chi connectivity index (χ0n) is 7.85. The van der Waals surface area contributed by atoms with E-state index >= 15 is 0 Å². The van der Waals surface area contributed by atoms with Gasteiger partial charge in [0.1, 0.15) is 0 Å². The summed E-state index contributed by atoms with van der Waals surface area (Å²) in [5.74, 6) is 1.02. The third kappa shape index (κ3) is 4.87. The van der Waals surface area contributed by atoms with Gasteiger partial charge in [0.15, 0.2) is 0 Å². The van der Waals surface area contributed by atoms with Crippen LogP contribution in [0.15, 0.2) is 24.4 Å². The Morgan fingerprint density at radius 3 is 3.00 bits per heavy atom. The first kappa shape index (κ1) is 11.0. The van der Waals surface area contributed by atoms with Crippen LogP contribution < -0.4 is 0 Å². The average molecular weight is 211 g/mol. The van der Waals surface area contributed by atoms with Crippen molar-refractivity contribution in [3.63, 3.8) is 0 Å². The molecule has 0 radical (unpaired) electrons. The summed E-state index contributed by atoms with van der Waals surface area (Å²) < 4.78 is 0. The van der Waals surface area contributed by atoms with Gasteiger partial charge in [-0.1, -0.05) is 6.07 Å². The SMILES string of the molecule is O=C(O)CCCSCc1ccccn1. The van der Waals surface area contributed by atoms with E-state index in [4.69, 9.17) is 5.11 Å². The van der Waals surface area contributed by atoms with E-state index in [1.54, 1.807) is 18.0 Å². The number of hydrogen-bond acceptors (Lipinski definition) is 3. The molecule has 0 saturated carbocycles. The third-order valence-electron chi connectivity index (χ3n) is 1.66. The largest absolute Gasteiger partial charge is 0.481 e. The van der Waals surface area contributed by atoms with E-state index in [9.17, 15) is 4.79 Å². The van der Waals surface area contributed by atoms with Crippen molar-refractivity contribution in [1.82, 2.24) is 4.98 Å². The molecule has 0 spiro atoms. The quantitative estimate of drug-likeness (QED) is 0.733. The average Bonchev–Trinajstić information content (AvgIpc) is 2.18. The Kier molecular flexibility index (Phi) is 5.07. The molecule has 14 heavy (non-hydrogen) atoms. The van der Waals surface area contributed by atoms with Crippen molar-refractivity contribution < 1.29 is 9.90 Å². The number of carbonyl (C=O) groups is 1. The number of carboxylic acids is 1. The zero-order valence-corrected chi connectivity index (χ0v) is 8.67. The molecule has 1 rings (SSSR count). The van der Waals surface area contributed by atoms with Gasteiger partial charge in [0.2, 0.25) is 0 Å². The number of nitrogens with zero attached hydrogens (tertiary/aromatic N) is 1. The van der Waals surface area contributed by atoms with E-state index in [0.29, 0.717) is 0 Å². The first-order valence-corrected chi connectivity index (χ1v) is 5.64. The molecule has 0 aliphatic rings. The van der Waals surface area contributed by atoms with Gasteiger partial charge >= 0.3 is 5.97 Å². The Balaban J connectivity index is 2.08. The third-order valence-corrected chi connectivity index (χ3v) is 2.73. The summed E-state index contributed by atoms with van der Waals surface area (Å²) in [5.41, 5.74) is 1.05.